The lowest BCUT2D eigenvalue weighted by Gasteiger charge is -2.31. The van der Waals surface area contributed by atoms with Gasteiger partial charge in [0, 0.05) is 24.9 Å². The molecule has 2 heterocycles. The van der Waals surface area contributed by atoms with E-state index in [9.17, 15) is 4.79 Å². The normalized spacial score (nSPS) is 19.1. The minimum atomic E-state index is 0.261. The molecule has 1 fully saturated rings. The van der Waals surface area contributed by atoms with Gasteiger partial charge in [-0.05, 0) is 37.8 Å². The molecule has 112 valence electrons. The largest absolute Gasteiger partial charge is 0.342 e. The molecule has 21 heavy (non-hydrogen) atoms. The molecule has 0 saturated carbocycles. The van der Waals surface area contributed by atoms with Gasteiger partial charge in [-0.1, -0.05) is 18.6 Å². The fourth-order valence-electron chi connectivity index (χ4n) is 3.16. The molecule has 1 saturated heterocycles. The lowest BCUT2D eigenvalue weighted by Crippen LogP contribution is -2.39. The van der Waals surface area contributed by atoms with Crippen molar-refractivity contribution in [2.24, 2.45) is 5.92 Å². The predicted molar refractivity (Wildman–Crippen MR) is 84.1 cm³/mol. The summed E-state index contributed by atoms with van der Waals surface area (Å²) in [5, 5.41) is 5.56. The lowest BCUT2D eigenvalue weighted by molar-refractivity contribution is -0.133. The summed E-state index contributed by atoms with van der Waals surface area (Å²) in [5.74, 6) is 0.897. The van der Waals surface area contributed by atoms with Gasteiger partial charge in [0.05, 0.1) is 18.3 Å². The molecule has 0 spiro atoms. The van der Waals surface area contributed by atoms with Crippen molar-refractivity contribution < 1.29 is 4.79 Å². The molecule has 1 aromatic heterocycles. The van der Waals surface area contributed by atoms with Gasteiger partial charge in [0.2, 0.25) is 5.91 Å². The van der Waals surface area contributed by atoms with Crippen LogP contribution in [0.3, 0.4) is 0 Å². The van der Waals surface area contributed by atoms with Crippen molar-refractivity contribution in [1.29, 1.82) is 0 Å². The maximum atomic E-state index is 12.3. The molecule has 4 nitrogen and oxygen atoms in total. The van der Waals surface area contributed by atoms with E-state index in [-0.39, 0.29) is 5.91 Å². The number of aryl methyl sites for hydroxylation is 2. The Kier molecular flexibility index (Phi) is 3.95. The SMILES string of the molecule is Cc1ccc2c(cnn2CCC(=O)N2CCC[C@H](C)C2)c1. The van der Waals surface area contributed by atoms with Crippen LogP contribution in [-0.4, -0.2) is 33.7 Å². The molecule has 0 bridgehead atoms. The zero-order valence-electron chi connectivity index (χ0n) is 12.9. The number of benzene rings is 1. The van der Waals surface area contributed by atoms with Crippen LogP contribution < -0.4 is 0 Å². The Morgan fingerprint density at radius 1 is 1.43 bits per heavy atom. The fraction of sp³-hybridized carbons (Fsp3) is 0.529. The van der Waals surface area contributed by atoms with E-state index < -0.39 is 0 Å². The van der Waals surface area contributed by atoms with Gasteiger partial charge in [0.25, 0.3) is 0 Å². The van der Waals surface area contributed by atoms with E-state index in [2.05, 4.69) is 37.1 Å². The number of piperidine rings is 1. The second kappa shape index (κ2) is 5.88. The summed E-state index contributed by atoms with van der Waals surface area (Å²) in [6, 6.07) is 6.31. The van der Waals surface area contributed by atoms with Gasteiger partial charge in [-0.2, -0.15) is 5.10 Å². The molecule has 1 aromatic carbocycles. The molecule has 2 aromatic rings. The Morgan fingerprint density at radius 3 is 3.10 bits per heavy atom. The highest BCUT2D eigenvalue weighted by molar-refractivity contribution is 5.80. The topological polar surface area (TPSA) is 38.1 Å². The van der Waals surface area contributed by atoms with Crippen LogP contribution in [0.2, 0.25) is 0 Å². The number of hydrogen-bond acceptors (Lipinski definition) is 2. The van der Waals surface area contributed by atoms with Crippen molar-refractivity contribution in [2.45, 2.75) is 39.7 Å². The first kappa shape index (κ1) is 14.1. The van der Waals surface area contributed by atoms with Crippen LogP contribution in [0.25, 0.3) is 10.9 Å². The highest BCUT2D eigenvalue weighted by atomic mass is 16.2. The van der Waals surface area contributed by atoms with E-state index in [4.69, 9.17) is 0 Å². The monoisotopic (exact) mass is 285 g/mol. The molecule has 1 aliphatic heterocycles. The number of amides is 1. The molecular weight excluding hydrogens is 262 g/mol. The number of carbonyl (C=O) groups excluding carboxylic acids is 1. The summed E-state index contributed by atoms with van der Waals surface area (Å²) in [5.41, 5.74) is 2.35. The Morgan fingerprint density at radius 2 is 2.29 bits per heavy atom. The van der Waals surface area contributed by atoms with Gasteiger partial charge >= 0.3 is 0 Å². The third-order valence-electron chi connectivity index (χ3n) is 4.34. The van der Waals surface area contributed by atoms with Gasteiger partial charge in [0.15, 0.2) is 0 Å². The van der Waals surface area contributed by atoms with Crippen LogP contribution in [0.4, 0.5) is 0 Å². The Bertz CT molecular complexity index is 647. The van der Waals surface area contributed by atoms with Crippen LogP contribution in [0.15, 0.2) is 24.4 Å². The Labute approximate surface area is 125 Å². The highest BCUT2D eigenvalue weighted by Gasteiger charge is 2.20. The quantitative estimate of drug-likeness (QED) is 0.869. The molecule has 1 amide bonds. The minimum absolute atomic E-state index is 0.261. The van der Waals surface area contributed by atoms with E-state index in [0.717, 1.165) is 30.4 Å². The molecule has 0 aliphatic carbocycles. The first-order chi connectivity index (χ1) is 10.1. The van der Waals surface area contributed by atoms with Crippen LogP contribution in [0.5, 0.6) is 0 Å². The molecule has 3 rings (SSSR count). The molecule has 0 unspecified atom stereocenters. The summed E-state index contributed by atoms with van der Waals surface area (Å²) < 4.78 is 1.94. The number of carbonyl (C=O) groups is 1. The average molecular weight is 285 g/mol. The third kappa shape index (κ3) is 3.09. The van der Waals surface area contributed by atoms with E-state index in [1.54, 1.807) is 0 Å². The van der Waals surface area contributed by atoms with Crippen molar-refractivity contribution in [3.8, 4) is 0 Å². The maximum absolute atomic E-state index is 12.3. The second-order valence-corrected chi connectivity index (χ2v) is 6.27. The van der Waals surface area contributed by atoms with Crippen molar-refractivity contribution in [1.82, 2.24) is 14.7 Å². The minimum Gasteiger partial charge on any atom is -0.342 e. The molecule has 1 aliphatic rings. The number of likely N-dealkylation sites (tertiary alicyclic amines) is 1. The van der Waals surface area contributed by atoms with Gasteiger partial charge in [-0.3, -0.25) is 9.48 Å². The van der Waals surface area contributed by atoms with Gasteiger partial charge in [-0.25, -0.2) is 0 Å². The molecule has 4 heteroatoms. The molecule has 0 radical (unpaired) electrons. The van der Waals surface area contributed by atoms with E-state index in [1.165, 1.54) is 12.0 Å². The third-order valence-corrected chi connectivity index (χ3v) is 4.34. The van der Waals surface area contributed by atoms with Gasteiger partial charge < -0.3 is 4.90 Å². The zero-order valence-corrected chi connectivity index (χ0v) is 12.9. The fourth-order valence-corrected chi connectivity index (χ4v) is 3.16. The maximum Gasteiger partial charge on any atom is 0.224 e. The molecule has 1 atom stereocenters. The van der Waals surface area contributed by atoms with E-state index in [0.29, 0.717) is 18.9 Å². The standard InChI is InChI=1S/C17H23N3O/c1-13-5-6-16-15(10-13)11-18-20(16)9-7-17(21)19-8-3-4-14(2)12-19/h5-6,10-11,14H,3-4,7-9,12H2,1-2H3/t14-/m0/s1. The summed E-state index contributed by atoms with van der Waals surface area (Å²) >= 11 is 0. The zero-order chi connectivity index (χ0) is 14.8. The summed E-state index contributed by atoms with van der Waals surface area (Å²) in [7, 11) is 0. The smallest absolute Gasteiger partial charge is 0.224 e. The number of nitrogens with zero attached hydrogens (tertiary/aromatic N) is 3. The predicted octanol–water partition coefficient (Wildman–Crippen LogP) is 2.99. The van der Waals surface area contributed by atoms with Crippen molar-refractivity contribution in [3.05, 3.63) is 30.0 Å². The molecule has 0 N–H and O–H groups in total. The van der Waals surface area contributed by atoms with Gasteiger partial charge in [0.1, 0.15) is 0 Å². The van der Waals surface area contributed by atoms with E-state index >= 15 is 0 Å². The number of fused-ring (bicyclic) bond motifs is 1. The lowest BCUT2D eigenvalue weighted by atomic mass is 10.00. The van der Waals surface area contributed by atoms with Crippen LogP contribution >= 0.6 is 0 Å². The molecular formula is C17H23N3O. The Balaban J connectivity index is 1.64. The highest BCUT2D eigenvalue weighted by Crippen LogP contribution is 2.18. The second-order valence-electron chi connectivity index (χ2n) is 6.27. The summed E-state index contributed by atoms with van der Waals surface area (Å²) in [6.07, 6.45) is 4.80. The Hall–Kier alpha value is -1.84. The summed E-state index contributed by atoms with van der Waals surface area (Å²) in [4.78, 5) is 14.3. The first-order valence-corrected chi connectivity index (χ1v) is 7.83. The van der Waals surface area contributed by atoms with Crippen molar-refractivity contribution in [2.75, 3.05) is 13.1 Å². The number of rotatable bonds is 3. The van der Waals surface area contributed by atoms with Crippen LogP contribution in [0.1, 0.15) is 31.7 Å². The van der Waals surface area contributed by atoms with Crippen LogP contribution in [0, 0.1) is 12.8 Å². The number of aromatic nitrogens is 2. The number of hydrogen-bond donors (Lipinski definition) is 0. The average Bonchev–Trinajstić information content (AvgIpc) is 2.87. The first-order valence-electron chi connectivity index (χ1n) is 7.83. The summed E-state index contributed by atoms with van der Waals surface area (Å²) in [6.45, 7) is 6.80. The van der Waals surface area contributed by atoms with Crippen molar-refractivity contribution in [3.63, 3.8) is 0 Å². The van der Waals surface area contributed by atoms with E-state index in [1.807, 2.05) is 15.8 Å². The van der Waals surface area contributed by atoms with Gasteiger partial charge in [-0.15, -0.1) is 0 Å². The van der Waals surface area contributed by atoms with Crippen LogP contribution in [-0.2, 0) is 11.3 Å². The van der Waals surface area contributed by atoms with Crippen molar-refractivity contribution >= 4 is 16.8 Å².